The van der Waals surface area contributed by atoms with Gasteiger partial charge >= 0.3 is 5.97 Å². The first-order valence-electron chi connectivity index (χ1n) is 6.82. The number of nitrogens with zero attached hydrogens (tertiary/aromatic N) is 2. The molecule has 0 amide bonds. The molecule has 6 nitrogen and oxygen atoms in total. The predicted molar refractivity (Wildman–Crippen MR) is 75.1 cm³/mol. The highest BCUT2D eigenvalue weighted by Gasteiger charge is 2.10. The maximum Gasteiger partial charge on any atom is 0.338 e. The molecule has 0 bridgehead atoms. The van der Waals surface area contributed by atoms with Crippen LogP contribution in [0.1, 0.15) is 48.8 Å². The average Bonchev–Trinajstić information content (AvgIpc) is 2.95. The number of rotatable bonds is 6. The van der Waals surface area contributed by atoms with E-state index in [1.807, 2.05) is 13.8 Å². The molecule has 0 aliphatic carbocycles. The highest BCUT2D eigenvalue weighted by Crippen LogP contribution is 2.16. The van der Waals surface area contributed by atoms with Crippen LogP contribution in [0, 0.1) is 0 Å². The van der Waals surface area contributed by atoms with Gasteiger partial charge in [-0.15, -0.1) is 10.2 Å². The first kappa shape index (κ1) is 15.0. The highest BCUT2D eigenvalue weighted by molar-refractivity contribution is 5.89. The minimum Gasteiger partial charge on any atom is -0.484 e. The fourth-order valence-corrected chi connectivity index (χ4v) is 1.60. The van der Waals surface area contributed by atoms with Crippen LogP contribution in [0.3, 0.4) is 0 Å². The second-order valence-electron chi connectivity index (χ2n) is 4.72. The van der Waals surface area contributed by atoms with E-state index in [0.29, 0.717) is 29.7 Å². The van der Waals surface area contributed by atoms with Gasteiger partial charge in [-0.05, 0) is 31.2 Å². The van der Waals surface area contributed by atoms with E-state index in [-0.39, 0.29) is 18.5 Å². The maximum atomic E-state index is 11.5. The predicted octanol–water partition coefficient (Wildman–Crippen LogP) is 2.95. The molecule has 0 radical (unpaired) electrons. The summed E-state index contributed by atoms with van der Waals surface area (Å²) in [5, 5.41) is 7.83. The van der Waals surface area contributed by atoms with E-state index in [4.69, 9.17) is 13.9 Å². The first-order valence-corrected chi connectivity index (χ1v) is 6.82. The number of carbonyl (C=O) groups excluding carboxylic acids is 1. The Labute approximate surface area is 123 Å². The van der Waals surface area contributed by atoms with Gasteiger partial charge in [-0.1, -0.05) is 13.8 Å². The summed E-state index contributed by atoms with van der Waals surface area (Å²) >= 11 is 0. The number of carbonyl (C=O) groups is 1. The summed E-state index contributed by atoms with van der Waals surface area (Å²) in [5.74, 6) is 1.48. The Morgan fingerprint density at radius 2 is 1.95 bits per heavy atom. The summed E-state index contributed by atoms with van der Waals surface area (Å²) in [6, 6.07) is 6.71. The SMILES string of the molecule is CCOC(=O)c1ccc(OCc2nnc(C(C)C)o2)cc1. The molecule has 0 unspecified atom stereocenters. The van der Waals surface area contributed by atoms with E-state index in [9.17, 15) is 4.79 Å². The normalized spacial score (nSPS) is 10.7. The standard InChI is InChI=1S/C15H18N2O4/c1-4-19-15(18)11-5-7-12(8-6-11)20-9-13-16-17-14(21-13)10(2)3/h5-8,10H,4,9H2,1-3H3. The van der Waals surface area contributed by atoms with Crippen molar-refractivity contribution >= 4 is 5.97 Å². The summed E-state index contributed by atoms with van der Waals surface area (Å²) < 4.78 is 15.9. The lowest BCUT2D eigenvalue weighted by Gasteiger charge is -2.05. The third kappa shape index (κ3) is 4.05. The van der Waals surface area contributed by atoms with Crippen LogP contribution in [0.2, 0.25) is 0 Å². The van der Waals surface area contributed by atoms with Crippen molar-refractivity contribution in [2.45, 2.75) is 33.3 Å². The smallest absolute Gasteiger partial charge is 0.338 e. The molecule has 1 heterocycles. The summed E-state index contributed by atoms with van der Waals surface area (Å²) in [6.45, 7) is 6.27. The average molecular weight is 290 g/mol. The van der Waals surface area contributed by atoms with Crippen molar-refractivity contribution in [1.82, 2.24) is 10.2 Å². The molecule has 1 aromatic heterocycles. The number of hydrogen-bond acceptors (Lipinski definition) is 6. The molecule has 6 heteroatoms. The Bertz CT molecular complexity index is 590. The van der Waals surface area contributed by atoms with Crippen LogP contribution in [0.15, 0.2) is 28.7 Å². The number of aromatic nitrogens is 2. The molecular weight excluding hydrogens is 272 g/mol. The maximum absolute atomic E-state index is 11.5. The van der Waals surface area contributed by atoms with Crippen molar-refractivity contribution < 1.29 is 18.7 Å². The summed E-state index contributed by atoms with van der Waals surface area (Å²) in [5.41, 5.74) is 0.490. The van der Waals surface area contributed by atoms with Gasteiger partial charge < -0.3 is 13.9 Å². The van der Waals surface area contributed by atoms with Crippen molar-refractivity contribution in [3.05, 3.63) is 41.6 Å². The zero-order chi connectivity index (χ0) is 15.2. The molecule has 0 spiro atoms. The Morgan fingerprint density at radius 1 is 1.24 bits per heavy atom. The van der Waals surface area contributed by atoms with Crippen LogP contribution >= 0.6 is 0 Å². The lowest BCUT2D eigenvalue weighted by Crippen LogP contribution is -2.04. The van der Waals surface area contributed by atoms with E-state index >= 15 is 0 Å². The monoisotopic (exact) mass is 290 g/mol. The fraction of sp³-hybridized carbons (Fsp3) is 0.400. The minimum atomic E-state index is -0.345. The molecule has 21 heavy (non-hydrogen) atoms. The zero-order valence-electron chi connectivity index (χ0n) is 12.3. The second-order valence-corrected chi connectivity index (χ2v) is 4.72. The molecule has 0 atom stereocenters. The molecule has 0 saturated carbocycles. The van der Waals surface area contributed by atoms with Crippen molar-refractivity contribution in [2.24, 2.45) is 0 Å². The summed E-state index contributed by atoms with van der Waals surface area (Å²) in [7, 11) is 0. The summed E-state index contributed by atoms with van der Waals surface area (Å²) in [4.78, 5) is 11.5. The number of benzene rings is 1. The molecule has 112 valence electrons. The third-order valence-corrected chi connectivity index (χ3v) is 2.70. The molecule has 2 aromatic rings. The third-order valence-electron chi connectivity index (χ3n) is 2.70. The molecule has 2 rings (SSSR count). The number of hydrogen-bond donors (Lipinski definition) is 0. The van der Waals surface area contributed by atoms with Crippen LogP contribution < -0.4 is 4.74 Å². The number of esters is 1. The number of ether oxygens (including phenoxy) is 2. The first-order chi connectivity index (χ1) is 10.1. The van der Waals surface area contributed by atoms with Crippen LogP contribution in [-0.4, -0.2) is 22.8 Å². The molecule has 0 N–H and O–H groups in total. The molecular formula is C15H18N2O4. The van der Waals surface area contributed by atoms with Gasteiger partial charge in [-0.3, -0.25) is 0 Å². The lowest BCUT2D eigenvalue weighted by molar-refractivity contribution is 0.0526. The van der Waals surface area contributed by atoms with Crippen molar-refractivity contribution in [3.8, 4) is 5.75 Å². The summed E-state index contributed by atoms with van der Waals surface area (Å²) in [6.07, 6.45) is 0. The molecule has 0 aliphatic rings. The molecule has 1 aromatic carbocycles. The van der Waals surface area contributed by atoms with Crippen molar-refractivity contribution in [3.63, 3.8) is 0 Å². The topological polar surface area (TPSA) is 74.5 Å². The van der Waals surface area contributed by atoms with E-state index in [1.165, 1.54) is 0 Å². The second kappa shape index (κ2) is 6.88. The lowest BCUT2D eigenvalue weighted by atomic mass is 10.2. The van der Waals surface area contributed by atoms with Crippen LogP contribution in [0.5, 0.6) is 5.75 Å². The van der Waals surface area contributed by atoms with E-state index in [0.717, 1.165) is 0 Å². The fourth-order valence-electron chi connectivity index (χ4n) is 1.60. The molecule has 0 aliphatic heterocycles. The Morgan fingerprint density at radius 3 is 2.52 bits per heavy atom. The Hall–Kier alpha value is -2.37. The zero-order valence-corrected chi connectivity index (χ0v) is 12.3. The van der Waals surface area contributed by atoms with Gasteiger partial charge in [0.2, 0.25) is 5.89 Å². The van der Waals surface area contributed by atoms with Gasteiger partial charge in [-0.2, -0.15) is 0 Å². The molecule has 0 saturated heterocycles. The van der Waals surface area contributed by atoms with Gasteiger partial charge in [0.25, 0.3) is 5.89 Å². The van der Waals surface area contributed by atoms with E-state index < -0.39 is 0 Å². The van der Waals surface area contributed by atoms with Gasteiger partial charge in [0, 0.05) is 5.92 Å². The Kier molecular flexibility index (Phi) is 4.92. The van der Waals surface area contributed by atoms with E-state index in [2.05, 4.69) is 10.2 Å². The van der Waals surface area contributed by atoms with Crippen molar-refractivity contribution in [1.29, 1.82) is 0 Å². The largest absolute Gasteiger partial charge is 0.484 e. The van der Waals surface area contributed by atoms with Crippen molar-refractivity contribution in [2.75, 3.05) is 6.61 Å². The van der Waals surface area contributed by atoms with Gasteiger partial charge in [-0.25, -0.2) is 4.79 Å². The molecule has 0 fully saturated rings. The minimum absolute atomic E-state index is 0.190. The quantitative estimate of drug-likeness (QED) is 0.761. The highest BCUT2D eigenvalue weighted by atomic mass is 16.5. The van der Waals surface area contributed by atoms with Crippen LogP contribution in [0.4, 0.5) is 0 Å². The van der Waals surface area contributed by atoms with Crippen LogP contribution in [-0.2, 0) is 11.3 Å². The Balaban J connectivity index is 1.92. The van der Waals surface area contributed by atoms with Gasteiger partial charge in [0.15, 0.2) is 6.61 Å². The van der Waals surface area contributed by atoms with Gasteiger partial charge in [0.1, 0.15) is 5.75 Å². The van der Waals surface area contributed by atoms with E-state index in [1.54, 1.807) is 31.2 Å². The van der Waals surface area contributed by atoms with Crippen LogP contribution in [0.25, 0.3) is 0 Å². The van der Waals surface area contributed by atoms with Gasteiger partial charge in [0.05, 0.1) is 12.2 Å².